The van der Waals surface area contributed by atoms with Gasteiger partial charge in [-0.2, -0.15) is 0 Å². The van der Waals surface area contributed by atoms with E-state index in [-0.39, 0.29) is 0 Å². The van der Waals surface area contributed by atoms with Crippen molar-refractivity contribution >= 4 is 78.0 Å². The van der Waals surface area contributed by atoms with Crippen molar-refractivity contribution in [1.82, 2.24) is 0 Å². The van der Waals surface area contributed by atoms with Gasteiger partial charge in [-0.3, -0.25) is 0 Å². The van der Waals surface area contributed by atoms with Crippen LogP contribution in [0, 0.1) is 0 Å². The van der Waals surface area contributed by atoms with Crippen LogP contribution in [-0.4, -0.2) is 7.05 Å². The maximum atomic E-state index is 2.44. The summed E-state index contributed by atoms with van der Waals surface area (Å²) in [6.07, 6.45) is 13.1. The average Bonchev–Trinajstić information content (AvgIpc) is 3.61. The number of nitrogens with zero attached hydrogens (tertiary/aromatic N) is 2. The number of benzene rings is 9. The van der Waals surface area contributed by atoms with Gasteiger partial charge in [0, 0.05) is 53.3 Å². The molecule has 9 aromatic carbocycles. The fourth-order valence-electron chi connectivity index (χ4n) is 9.35. The largest absolute Gasteiger partial charge is 0.347 e. The lowest BCUT2D eigenvalue weighted by atomic mass is 9.90. The number of hydrogen-bond donors (Lipinski definition) is 0. The average molecular weight is 729 g/mol. The predicted octanol–water partition coefficient (Wildman–Crippen LogP) is 13.6. The normalized spacial score (nSPS) is 13.5. The summed E-state index contributed by atoms with van der Waals surface area (Å²) in [5, 5.41) is 11.7. The smallest absolute Gasteiger partial charge is 0.0536 e. The molecule has 0 heterocycles. The summed E-state index contributed by atoms with van der Waals surface area (Å²) in [5.41, 5.74) is 12.4. The molecule has 11 rings (SSSR count). The second-order valence-electron chi connectivity index (χ2n) is 15.3. The molecular weight excluding hydrogens is 689 g/mol. The van der Waals surface area contributed by atoms with Gasteiger partial charge in [0.1, 0.15) is 0 Å². The van der Waals surface area contributed by atoms with Crippen molar-refractivity contribution in [2.24, 2.45) is 0 Å². The molecular formula is C55H40N2. The highest BCUT2D eigenvalue weighted by Gasteiger charge is 2.21. The van der Waals surface area contributed by atoms with Crippen LogP contribution in [0.4, 0.5) is 17.1 Å². The van der Waals surface area contributed by atoms with E-state index in [0.717, 1.165) is 18.5 Å². The van der Waals surface area contributed by atoms with E-state index in [1.165, 1.54) is 98.9 Å². The summed E-state index contributed by atoms with van der Waals surface area (Å²) in [4.78, 5) is 4.82. The molecule has 0 aromatic heterocycles. The van der Waals surface area contributed by atoms with Gasteiger partial charge in [-0.05, 0) is 102 Å². The van der Waals surface area contributed by atoms with Crippen LogP contribution in [0.2, 0.25) is 0 Å². The van der Waals surface area contributed by atoms with E-state index < -0.39 is 0 Å². The Morgan fingerprint density at radius 3 is 1.95 bits per heavy atom. The zero-order chi connectivity index (χ0) is 37.9. The highest BCUT2D eigenvalue weighted by atomic mass is 15.1. The standard InChI is InChI=1S/C55H40N2/c1-56(52-26-11-24-50-48-22-8-18-41-17-7-21-47(54(41)48)49-23-10-25-51(52)55(49)50)43-32-28-38(29-33-43)39-30-34-44(35-31-39)57(53-27-9-16-40-13-4-5-20-46(40)53)45-19-6-15-37-12-2-3-14-42(37)36-45/h2-25,27-35H,26,36H2,1H3. The van der Waals surface area contributed by atoms with E-state index in [1.54, 1.807) is 0 Å². The fraction of sp³-hybridized carbons (Fsp3) is 0.0545. The molecule has 0 bridgehead atoms. The van der Waals surface area contributed by atoms with Crippen molar-refractivity contribution in [3.8, 4) is 11.1 Å². The van der Waals surface area contributed by atoms with Crippen molar-refractivity contribution in [1.29, 1.82) is 0 Å². The molecule has 0 amide bonds. The van der Waals surface area contributed by atoms with E-state index in [2.05, 4.69) is 217 Å². The second-order valence-corrected chi connectivity index (χ2v) is 15.3. The highest BCUT2D eigenvalue weighted by Crippen LogP contribution is 2.40. The number of hydrogen-bond acceptors (Lipinski definition) is 2. The molecule has 0 spiro atoms. The Kier molecular flexibility index (Phi) is 7.89. The van der Waals surface area contributed by atoms with Crippen LogP contribution < -0.4 is 15.0 Å². The SMILES string of the molecule is CN(C1=c2cccc3c2c(c2cccc4cccc3c42)C=CC1)c1ccc(-c2ccc(N(C3=CC=Cc4ccccc4C3)c3cccc4ccccc34)cc2)cc1. The van der Waals surface area contributed by atoms with Crippen LogP contribution in [-0.2, 0) is 6.42 Å². The van der Waals surface area contributed by atoms with Gasteiger partial charge in [0.25, 0.3) is 0 Å². The van der Waals surface area contributed by atoms with Crippen LogP contribution in [0.25, 0.3) is 72.1 Å². The third-order valence-corrected chi connectivity index (χ3v) is 12.1. The first kappa shape index (κ1) is 33.2. The molecule has 9 aromatic rings. The summed E-state index contributed by atoms with van der Waals surface area (Å²) in [6, 6.07) is 62.4. The Balaban J connectivity index is 0.952. The predicted molar refractivity (Wildman–Crippen MR) is 245 cm³/mol. The molecule has 0 radical (unpaired) electrons. The lowest BCUT2D eigenvalue weighted by Crippen LogP contribution is -2.23. The first-order chi connectivity index (χ1) is 28.2. The van der Waals surface area contributed by atoms with Crippen LogP contribution in [0.5, 0.6) is 0 Å². The summed E-state index contributed by atoms with van der Waals surface area (Å²) in [5.74, 6) is 0. The highest BCUT2D eigenvalue weighted by molar-refractivity contribution is 6.25. The monoisotopic (exact) mass is 728 g/mol. The molecule has 2 heteroatoms. The van der Waals surface area contributed by atoms with E-state index in [4.69, 9.17) is 0 Å². The Bertz CT molecular complexity index is 3170. The van der Waals surface area contributed by atoms with Crippen molar-refractivity contribution in [2.75, 3.05) is 16.8 Å². The zero-order valence-corrected chi connectivity index (χ0v) is 31.9. The van der Waals surface area contributed by atoms with E-state index >= 15 is 0 Å². The van der Waals surface area contributed by atoms with Crippen LogP contribution in [0.15, 0.2) is 194 Å². The Morgan fingerprint density at radius 2 is 1.12 bits per heavy atom. The van der Waals surface area contributed by atoms with E-state index in [0.29, 0.717) is 0 Å². The summed E-state index contributed by atoms with van der Waals surface area (Å²) in [7, 11) is 2.21. The van der Waals surface area contributed by atoms with Crippen molar-refractivity contribution in [3.05, 3.63) is 216 Å². The number of rotatable bonds is 6. The molecule has 0 N–H and O–H groups in total. The van der Waals surface area contributed by atoms with Gasteiger partial charge in [0.05, 0.1) is 5.69 Å². The molecule has 2 aliphatic rings. The van der Waals surface area contributed by atoms with Gasteiger partial charge in [0.15, 0.2) is 0 Å². The second kappa shape index (κ2) is 13.5. The molecule has 270 valence electrons. The molecule has 0 fully saturated rings. The van der Waals surface area contributed by atoms with Crippen LogP contribution >= 0.6 is 0 Å². The molecule has 2 aliphatic carbocycles. The van der Waals surface area contributed by atoms with Gasteiger partial charge < -0.3 is 9.80 Å². The zero-order valence-electron chi connectivity index (χ0n) is 31.9. The first-order valence-corrected chi connectivity index (χ1v) is 19.9. The summed E-state index contributed by atoms with van der Waals surface area (Å²) in [6.45, 7) is 0. The Labute approximate surface area is 333 Å². The Hall–Kier alpha value is -7.16. The number of fused-ring (bicyclic) bond motifs is 4. The lowest BCUT2D eigenvalue weighted by Gasteiger charge is -2.29. The van der Waals surface area contributed by atoms with Crippen molar-refractivity contribution in [2.45, 2.75) is 12.8 Å². The van der Waals surface area contributed by atoms with Gasteiger partial charge in [0.2, 0.25) is 0 Å². The number of allylic oxidation sites excluding steroid dienone is 3. The van der Waals surface area contributed by atoms with Gasteiger partial charge in [-0.15, -0.1) is 0 Å². The van der Waals surface area contributed by atoms with E-state index in [9.17, 15) is 0 Å². The first-order valence-electron chi connectivity index (χ1n) is 19.9. The molecule has 0 saturated heterocycles. The maximum Gasteiger partial charge on any atom is 0.0536 e. The molecule has 0 saturated carbocycles. The topological polar surface area (TPSA) is 6.48 Å². The third-order valence-electron chi connectivity index (χ3n) is 12.1. The molecule has 0 aliphatic heterocycles. The number of anilines is 3. The van der Waals surface area contributed by atoms with Crippen LogP contribution in [0.3, 0.4) is 0 Å². The molecule has 2 nitrogen and oxygen atoms in total. The minimum absolute atomic E-state index is 0.840. The summed E-state index contributed by atoms with van der Waals surface area (Å²) >= 11 is 0. The molecule has 0 atom stereocenters. The van der Waals surface area contributed by atoms with Crippen LogP contribution in [0.1, 0.15) is 23.1 Å². The quantitative estimate of drug-likeness (QED) is 0.124. The molecule has 0 unspecified atom stereocenters. The van der Waals surface area contributed by atoms with Gasteiger partial charge in [-0.25, -0.2) is 0 Å². The van der Waals surface area contributed by atoms with Crippen molar-refractivity contribution < 1.29 is 0 Å². The molecule has 57 heavy (non-hydrogen) atoms. The third kappa shape index (κ3) is 5.56. The summed E-state index contributed by atoms with van der Waals surface area (Å²) < 4.78 is 0. The van der Waals surface area contributed by atoms with Crippen molar-refractivity contribution in [3.63, 3.8) is 0 Å². The fourth-order valence-corrected chi connectivity index (χ4v) is 9.35. The maximum absolute atomic E-state index is 2.44. The minimum atomic E-state index is 0.840. The van der Waals surface area contributed by atoms with E-state index in [1.807, 2.05) is 0 Å². The minimum Gasteiger partial charge on any atom is -0.347 e. The van der Waals surface area contributed by atoms with Gasteiger partial charge in [-0.1, -0.05) is 164 Å². The van der Waals surface area contributed by atoms with Gasteiger partial charge >= 0.3 is 0 Å². The lowest BCUT2D eigenvalue weighted by molar-refractivity contribution is 1.05. The Morgan fingerprint density at radius 1 is 0.491 bits per heavy atom.